The van der Waals surface area contributed by atoms with Crippen LogP contribution in [0.5, 0.6) is 0 Å². The second-order valence-electron chi connectivity index (χ2n) is 3.39. The van der Waals surface area contributed by atoms with E-state index in [1.54, 1.807) is 12.5 Å². The van der Waals surface area contributed by atoms with Crippen molar-refractivity contribution in [2.75, 3.05) is 20.6 Å². The predicted octanol–water partition coefficient (Wildman–Crippen LogP) is 0.327. The van der Waals surface area contributed by atoms with E-state index < -0.39 is 0 Å². The van der Waals surface area contributed by atoms with Crippen LogP contribution in [0.2, 0.25) is 0 Å². The monoisotopic (exact) mass is 183 g/mol. The number of aromatic nitrogens is 2. The van der Waals surface area contributed by atoms with Crippen molar-refractivity contribution < 1.29 is 5.11 Å². The highest BCUT2D eigenvalue weighted by Gasteiger charge is 1.99. The zero-order valence-corrected chi connectivity index (χ0v) is 8.27. The first-order valence-electron chi connectivity index (χ1n) is 4.48. The minimum absolute atomic E-state index is 0.0714. The number of aliphatic hydroxyl groups is 1. The predicted molar refractivity (Wildman–Crippen MR) is 51.3 cm³/mol. The Morgan fingerprint density at radius 3 is 2.92 bits per heavy atom. The highest BCUT2D eigenvalue weighted by Crippen LogP contribution is 2.00. The molecule has 0 bridgehead atoms. The molecule has 0 aromatic carbocycles. The van der Waals surface area contributed by atoms with Crippen molar-refractivity contribution in [2.45, 2.75) is 19.6 Å². The van der Waals surface area contributed by atoms with Crippen molar-refractivity contribution in [1.82, 2.24) is 14.5 Å². The van der Waals surface area contributed by atoms with Gasteiger partial charge in [-0.1, -0.05) is 0 Å². The van der Waals surface area contributed by atoms with E-state index in [2.05, 4.69) is 24.0 Å². The molecular weight excluding hydrogens is 166 g/mol. The Labute approximate surface area is 78.8 Å². The van der Waals surface area contributed by atoms with E-state index in [0.717, 1.165) is 25.2 Å². The molecule has 13 heavy (non-hydrogen) atoms. The highest BCUT2D eigenvalue weighted by atomic mass is 16.3. The molecule has 1 rings (SSSR count). The van der Waals surface area contributed by atoms with Crippen LogP contribution in [-0.4, -0.2) is 40.2 Å². The van der Waals surface area contributed by atoms with Crippen LogP contribution in [0.1, 0.15) is 12.1 Å². The highest BCUT2D eigenvalue weighted by molar-refractivity contribution is 4.95. The van der Waals surface area contributed by atoms with Crippen LogP contribution in [0.4, 0.5) is 0 Å². The van der Waals surface area contributed by atoms with Gasteiger partial charge in [0.15, 0.2) is 0 Å². The maximum Gasteiger partial charge on any atom is 0.0948 e. The number of imidazole rings is 1. The summed E-state index contributed by atoms with van der Waals surface area (Å²) in [5, 5.41) is 8.94. The molecule has 0 fully saturated rings. The average molecular weight is 183 g/mol. The molecular formula is C9H17N3O. The fourth-order valence-electron chi connectivity index (χ4n) is 1.24. The summed E-state index contributed by atoms with van der Waals surface area (Å²) in [5.74, 6) is 0. The Bertz CT molecular complexity index is 245. The lowest BCUT2D eigenvalue weighted by Crippen LogP contribution is -2.15. The molecule has 0 saturated carbocycles. The van der Waals surface area contributed by atoms with Crippen LogP contribution in [0.3, 0.4) is 0 Å². The number of hydrogen-bond acceptors (Lipinski definition) is 3. The Kier molecular flexibility index (Phi) is 3.92. The first-order chi connectivity index (χ1) is 6.24. The van der Waals surface area contributed by atoms with Gasteiger partial charge in [0.1, 0.15) is 0 Å². The molecule has 1 heterocycles. The van der Waals surface area contributed by atoms with Crippen molar-refractivity contribution in [3.8, 4) is 0 Å². The van der Waals surface area contributed by atoms with Crippen molar-refractivity contribution in [2.24, 2.45) is 0 Å². The van der Waals surface area contributed by atoms with Gasteiger partial charge >= 0.3 is 0 Å². The first-order valence-corrected chi connectivity index (χ1v) is 4.48. The average Bonchev–Trinajstić information content (AvgIpc) is 2.51. The van der Waals surface area contributed by atoms with Crippen LogP contribution in [0.25, 0.3) is 0 Å². The topological polar surface area (TPSA) is 41.3 Å². The van der Waals surface area contributed by atoms with Crippen molar-refractivity contribution in [3.63, 3.8) is 0 Å². The molecule has 1 N–H and O–H groups in total. The lowest BCUT2D eigenvalue weighted by atomic mass is 10.4. The Hall–Kier alpha value is -0.870. The van der Waals surface area contributed by atoms with Crippen LogP contribution in [-0.2, 0) is 13.2 Å². The van der Waals surface area contributed by atoms with Gasteiger partial charge in [-0.2, -0.15) is 0 Å². The smallest absolute Gasteiger partial charge is 0.0948 e. The van der Waals surface area contributed by atoms with Crippen LogP contribution >= 0.6 is 0 Å². The lowest BCUT2D eigenvalue weighted by Gasteiger charge is -2.10. The third kappa shape index (κ3) is 3.16. The summed E-state index contributed by atoms with van der Waals surface area (Å²) in [6.45, 7) is 2.05. The van der Waals surface area contributed by atoms with Crippen molar-refractivity contribution >= 4 is 0 Å². The molecule has 1 aromatic heterocycles. The molecule has 0 aliphatic rings. The summed E-state index contributed by atoms with van der Waals surface area (Å²) >= 11 is 0. The summed E-state index contributed by atoms with van der Waals surface area (Å²) in [4.78, 5) is 6.13. The molecule has 0 aliphatic carbocycles. The number of aliphatic hydroxyl groups excluding tert-OH is 1. The molecule has 4 nitrogen and oxygen atoms in total. The fraction of sp³-hybridized carbons (Fsp3) is 0.667. The number of rotatable bonds is 5. The van der Waals surface area contributed by atoms with Gasteiger partial charge in [0.05, 0.1) is 24.8 Å². The molecule has 0 unspecified atom stereocenters. The van der Waals surface area contributed by atoms with E-state index in [-0.39, 0.29) is 6.61 Å². The molecule has 4 heteroatoms. The zero-order valence-electron chi connectivity index (χ0n) is 8.27. The molecule has 1 aromatic rings. The van der Waals surface area contributed by atoms with Crippen LogP contribution < -0.4 is 0 Å². The third-order valence-electron chi connectivity index (χ3n) is 1.96. The van der Waals surface area contributed by atoms with E-state index in [1.165, 1.54) is 0 Å². The summed E-state index contributed by atoms with van der Waals surface area (Å²) in [7, 11) is 4.11. The van der Waals surface area contributed by atoms with Gasteiger partial charge in [0.2, 0.25) is 0 Å². The van der Waals surface area contributed by atoms with E-state index >= 15 is 0 Å². The molecule has 0 aliphatic heterocycles. The van der Waals surface area contributed by atoms with Gasteiger partial charge in [-0.05, 0) is 27.1 Å². The number of hydrogen-bond donors (Lipinski definition) is 1. The van der Waals surface area contributed by atoms with Gasteiger partial charge < -0.3 is 14.6 Å². The van der Waals surface area contributed by atoms with E-state index in [0.29, 0.717) is 0 Å². The zero-order chi connectivity index (χ0) is 9.68. The molecule has 0 atom stereocenters. The summed E-state index contributed by atoms with van der Waals surface area (Å²) in [6, 6.07) is 0. The number of nitrogens with zero attached hydrogens (tertiary/aromatic N) is 3. The maximum atomic E-state index is 8.94. The third-order valence-corrected chi connectivity index (χ3v) is 1.96. The first kappa shape index (κ1) is 10.2. The Morgan fingerprint density at radius 1 is 1.54 bits per heavy atom. The van der Waals surface area contributed by atoms with Gasteiger partial charge in [-0.15, -0.1) is 0 Å². The lowest BCUT2D eigenvalue weighted by molar-refractivity contribution is 0.269. The minimum Gasteiger partial charge on any atom is -0.390 e. The molecule has 74 valence electrons. The van der Waals surface area contributed by atoms with E-state index in [9.17, 15) is 0 Å². The SMILES string of the molecule is CN(C)CCCn1cncc1CO. The maximum absolute atomic E-state index is 8.94. The Balaban J connectivity index is 2.36. The van der Waals surface area contributed by atoms with E-state index in [1.807, 2.05) is 4.57 Å². The quantitative estimate of drug-likeness (QED) is 0.715. The van der Waals surface area contributed by atoms with Gasteiger partial charge in [-0.25, -0.2) is 4.98 Å². The normalized spacial score (nSPS) is 11.1. The standard InChI is InChI=1S/C9H17N3O/c1-11(2)4-3-5-12-8-10-6-9(12)7-13/h6,8,13H,3-5,7H2,1-2H3. The largest absolute Gasteiger partial charge is 0.390 e. The summed E-state index contributed by atoms with van der Waals surface area (Å²) in [6.07, 6.45) is 4.55. The second kappa shape index (κ2) is 4.99. The minimum atomic E-state index is 0.0714. The molecule has 0 radical (unpaired) electrons. The van der Waals surface area contributed by atoms with Gasteiger partial charge in [0, 0.05) is 6.54 Å². The van der Waals surface area contributed by atoms with Gasteiger partial charge in [-0.3, -0.25) is 0 Å². The summed E-state index contributed by atoms with van der Waals surface area (Å²) < 4.78 is 1.99. The number of aryl methyl sites for hydroxylation is 1. The van der Waals surface area contributed by atoms with Crippen molar-refractivity contribution in [1.29, 1.82) is 0 Å². The molecule has 0 saturated heterocycles. The van der Waals surface area contributed by atoms with Crippen molar-refractivity contribution in [3.05, 3.63) is 18.2 Å². The second-order valence-corrected chi connectivity index (χ2v) is 3.39. The molecule has 0 amide bonds. The fourth-order valence-corrected chi connectivity index (χ4v) is 1.24. The Morgan fingerprint density at radius 2 is 2.31 bits per heavy atom. The summed E-state index contributed by atoms with van der Waals surface area (Å²) in [5.41, 5.74) is 0.888. The van der Waals surface area contributed by atoms with Crippen LogP contribution in [0.15, 0.2) is 12.5 Å². The van der Waals surface area contributed by atoms with Gasteiger partial charge in [0.25, 0.3) is 0 Å². The van der Waals surface area contributed by atoms with E-state index in [4.69, 9.17) is 5.11 Å². The molecule has 0 spiro atoms. The van der Waals surface area contributed by atoms with Crippen LogP contribution in [0, 0.1) is 0 Å².